The highest BCUT2D eigenvalue weighted by atomic mass is 16.5. The first-order valence-corrected chi connectivity index (χ1v) is 12.9. The summed E-state index contributed by atoms with van der Waals surface area (Å²) in [5, 5.41) is 13.4. The monoisotopic (exact) mass is 462 g/mol. The molecule has 0 aromatic rings. The van der Waals surface area contributed by atoms with Crippen LogP contribution >= 0.6 is 0 Å². The predicted molar refractivity (Wildman–Crippen MR) is 126 cm³/mol. The maximum absolute atomic E-state index is 13.9. The van der Waals surface area contributed by atoms with E-state index >= 15 is 0 Å². The van der Waals surface area contributed by atoms with Crippen molar-refractivity contribution in [3.63, 3.8) is 0 Å². The van der Waals surface area contributed by atoms with Gasteiger partial charge >= 0.3 is 5.97 Å². The standard InChI is InChI=1S/C26H42N2O5/c1-5-10-17-13-14-19-22(21(17)26(32)33-6-2)25(31)28(20(15-29)16(3)4)23(19)24(30)27-18-11-8-7-9-12-18/h13-14,16-23,29H,5-12,15H2,1-4H3,(H,27,30)/t17-,19+,20+,21-,22+,23+/m1/s1. The minimum atomic E-state index is -0.722. The highest BCUT2D eigenvalue weighted by Crippen LogP contribution is 2.46. The fourth-order valence-corrected chi connectivity index (χ4v) is 6.12. The van der Waals surface area contributed by atoms with Crippen LogP contribution in [-0.2, 0) is 19.1 Å². The van der Waals surface area contributed by atoms with Gasteiger partial charge < -0.3 is 20.1 Å². The normalized spacial score (nSPS) is 30.9. The molecule has 3 aliphatic rings. The van der Waals surface area contributed by atoms with Gasteiger partial charge in [0, 0.05) is 12.0 Å². The summed E-state index contributed by atoms with van der Waals surface area (Å²) in [5.41, 5.74) is 0. The Morgan fingerprint density at radius 2 is 1.88 bits per heavy atom. The quantitative estimate of drug-likeness (QED) is 0.406. The number of ether oxygens (including phenoxy) is 1. The van der Waals surface area contributed by atoms with E-state index in [1.165, 1.54) is 6.42 Å². The van der Waals surface area contributed by atoms with E-state index in [1.807, 2.05) is 26.0 Å². The van der Waals surface area contributed by atoms with Gasteiger partial charge in [-0.15, -0.1) is 0 Å². The Balaban J connectivity index is 1.99. The molecule has 2 aliphatic carbocycles. The van der Waals surface area contributed by atoms with Crippen molar-refractivity contribution in [2.45, 2.75) is 90.8 Å². The highest BCUT2D eigenvalue weighted by Gasteiger charge is 2.59. The highest BCUT2D eigenvalue weighted by molar-refractivity contribution is 5.96. The van der Waals surface area contributed by atoms with E-state index in [0.29, 0.717) is 0 Å². The Bertz CT molecular complexity index is 730. The molecule has 2 amide bonds. The molecule has 0 bridgehead atoms. The largest absolute Gasteiger partial charge is 0.466 e. The van der Waals surface area contributed by atoms with Crippen molar-refractivity contribution in [3.8, 4) is 0 Å². The third-order valence-electron chi connectivity index (χ3n) is 7.76. The van der Waals surface area contributed by atoms with Crippen molar-refractivity contribution in [2.75, 3.05) is 13.2 Å². The summed E-state index contributed by atoms with van der Waals surface area (Å²) in [5.74, 6) is -2.50. The molecule has 3 rings (SSSR count). The van der Waals surface area contributed by atoms with Crippen LogP contribution in [0.15, 0.2) is 12.2 Å². The van der Waals surface area contributed by atoms with Gasteiger partial charge in [0.1, 0.15) is 6.04 Å². The maximum atomic E-state index is 13.9. The molecule has 1 saturated heterocycles. The summed E-state index contributed by atoms with van der Waals surface area (Å²) < 4.78 is 5.41. The third-order valence-corrected chi connectivity index (χ3v) is 7.76. The molecular formula is C26H42N2O5. The van der Waals surface area contributed by atoms with Gasteiger partial charge in [-0.2, -0.15) is 0 Å². The number of carbonyl (C=O) groups excluding carboxylic acids is 3. The number of aliphatic hydroxyl groups is 1. The lowest BCUT2D eigenvalue weighted by Gasteiger charge is -2.36. The lowest BCUT2D eigenvalue weighted by Crippen LogP contribution is -2.55. The van der Waals surface area contributed by atoms with Crippen molar-refractivity contribution in [3.05, 3.63) is 12.2 Å². The molecule has 2 fully saturated rings. The maximum Gasteiger partial charge on any atom is 0.310 e. The van der Waals surface area contributed by atoms with Crippen LogP contribution in [0.5, 0.6) is 0 Å². The number of amides is 2. The minimum absolute atomic E-state index is 0.0273. The average Bonchev–Trinajstić information content (AvgIpc) is 3.07. The summed E-state index contributed by atoms with van der Waals surface area (Å²) in [6.45, 7) is 7.76. The zero-order chi connectivity index (χ0) is 24.1. The second-order valence-corrected chi connectivity index (χ2v) is 10.2. The van der Waals surface area contributed by atoms with Gasteiger partial charge in [-0.25, -0.2) is 0 Å². The van der Waals surface area contributed by atoms with Gasteiger partial charge in [0.2, 0.25) is 11.8 Å². The molecule has 0 spiro atoms. The number of nitrogens with zero attached hydrogens (tertiary/aromatic N) is 1. The molecule has 1 aliphatic heterocycles. The molecule has 33 heavy (non-hydrogen) atoms. The smallest absolute Gasteiger partial charge is 0.310 e. The topological polar surface area (TPSA) is 95.9 Å². The SMILES string of the molecule is CCC[C@@H]1C=C[C@H]2[C@H](C(=O)N([C@@H](CO)C(C)C)[C@@H]2C(=O)NC2CCCCC2)[C@@H]1C(=O)OCC. The number of nitrogens with one attached hydrogen (secondary N) is 1. The van der Waals surface area contributed by atoms with Gasteiger partial charge in [0.25, 0.3) is 0 Å². The number of rotatable bonds is 9. The third kappa shape index (κ3) is 5.28. The summed E-state index contributed by atoms with van der Waals surface area (Å²) in [4.78, 5) is 42.2. The number of likely N-dealkylation sites (tertiary alicyclic amines) is 1. The molecular weight excluding hydrogens is 420 g/mol. The van der Waals surface area contributed by atoms with E-state index in [4.69, 9.17) is 4.74 Å². The van der Waals surface area contributed by atoms with E-state index in [9.17, 15) is 19.5 Å². The first-order chi connectivity index (χ1) is 15.8. The van der Waals surface area contributed by atoms with Crippen molar-refractivity contribution >= 4 is 17.8 Å². The van der Waals surface area contributed by atoms with E-state index in [1.54, 1.807) is 11.8 Å². The van der Waals surface area contributed by atoms with Gasteiger partial charge in [-0.3, -0.25) is 14.4 Å². The number of hydrogen-bond acceptors (Lipinski definition) is 5. The Morgan fingerprint density at radius 1 is 1.18 bits per heavy atom. The molecule has 7 heteroatoms. The number of esters is 1. The van der Waals surface area contributed by atoms with Crippen LogP contribution in [0.1, 0.15) is 72.6 Å². The first-order valence-electron chi connectivity index (χ1n) is 12.9. The summed E-state index contributed by atoms with van der Waals surface area (Å²) in [6.07, 6.45) is 11.0. The van der Waals surface area contributed by atoms with Crippen LogP contribution in [0.2, 0.25) is 0 Å². The van der Waals surface area contributed by atoms with E-state index in [0.717, 1.165) is 38.5 Å². The molecule has 1 saturated carbocycles. The number of allylic oxidation sites excluding steroid dienone is 1. The average molecular weight is 463 g/mol. The summed E-state index contributed by atoms with van der Waals surface area (Å²) in [6, 6.07) is -1.08. The van der Waals surface area contributed by atoms with E-state index in [-0.39, 0.29) is 48.9 Å². The lowest BCUT2D eigenvalue weighted by atomic mass is 9.68. The van der Waals surface area contributed by atoms with Crippen molar-refractivity contribution < 1.29 is 24.2 Å². The fourth-order valence-electron chi connectivity index (χ4n) is 6.12. The lowest BCUT2D eigenvalue weighted by molar-refractivity contribution is -0.156. The van der Waals surface area contributed by atoms with Crippen LogP contribution in [0.4, 0.5) is 0 Å². The number of carbonyl (C=O) groups is 3. The Kier molecular flexibility index (Phi) is 8.96. The Hall–Kier alpha value is -1.89. The van der Waals surface area contributed by atoms with Crippen molar-refractivity contribution in [2.24, 2.45) is 29.6 Å². The number of fused-ring (bicyclic) bond motifs is 1. The molecule has 7 nitrogen and oxygen atoms in total. The zero-order valence-electron chi connectivity index (χ0n) is 20.7. The molecule has 186 valence electrons. The van der Waals surface area contributed by atoms with Gasteiger partial charge in [-0.1, -0.05) is 58.6 Å². The van der Waals surface area contributed by atoms with Gasteiger partial charge in [-0.05, 0) is 38.0 Å². The Labute approximate surface area is 198 Å². The van der Waals surface area contributed by atoms with Crippen LogP contribution in [0, 0.1) is 29.6 Å². The zero-order valence-corrected chi connectivity index (χ0v) is 20.7. The molecule has 0 aromatic carbocycles. The first kappa shape index (κ1) is 25.7. The summed E-state index contributed by atoms with van der Waals surface area (Å²) in [7, 11) is 0. The van der Waals surface area contributed by atoms with Crippen LogP contribution in [0.25, 0.3) is 0 Å². The van der Waals surface area contributed by atoms with Gasteiger partial charge in [0.15, 0.2) is 0 Å². The number of hydrogen-bond donors (Lipinski definition) is 2. The minimum Gasteiger partial charge on any atom is -0.466 e. The fraction of sp³-hybridized carbons (Fsp3) is 0.808. The molecule has 0 radical (unpaired) electrons. The van der Waals surface area contributed by atoms with E-state index in [2.05, 4.69) is 12.2 Å². The molecule has 6 atom stereocenters. The molecule has 1 heterocycles. The van der Waals surface area contributed by atoms with Crippen LogP contribution < -0.4 is 5.32 Å². The second-order valence-electron chi connectivity index (χ2n) is 10.2. The van der Waals surface area contributed by atoms with E-state index < -0.39 is 29.8 Å². The van der Waals surface area contributed by atoms with Crippen LogP contribution in [-0.4, -0.2) is 59.1 Å². The molecule has 2 N–H and O–H groups in total. The second kappa shape index (κ2) is 11.5. The molecule has 0 unspecified atom stereocenters. The number of aliphatic hydroxyl groups excluding tert-OH is 1. The van der Waals surface area contributed by atoms with Gasteiger partial charge in [0.05, 0.1) is 31.1 Å². The van der Waals surface area contributed by atoms with Crippen molar-refractivity contribution in [1.82, 2.24) is 10.2 Å². The Morgan fingerprint density at radius 3 is 2.45 bits per heavy atom. The molecule has 0 aromatic heterocycles. The summed E-state index contributed by atoms with van der Waals surface area (Å²) >= 11 is 0. The predicted octanol–water partition coefficient (Wildman–Crippen LogP) is 3.06. The van der Waals surface area contributed by atoms with Crippen molar-refractivity contribution in [1.29, 1.82) is 0 Å². The van der Waals surface area contributed by atoms with Crippen LogP contribution in [0.3, 0.4) is 0 Å².